The number of oxazole rings is 1. The first kappa shape index (κ1) is 9.39. The minimum absolute atomic E-state index is 0.0679. The molecule has 0 spiro atoms. The van der Waals surface area contributed by atoms with E-state index in [1.54, 1.807) is 7.11 Å². The number of hydrogen-bond donors (Lipinski definition) is 2. The zero-order valence-electron chi connectivity index (χ0n) is 8.23. The Kier molecular flexibility index (Phi) is 2.21. The quantitative estimate of drug-likeness (QED) is 0.775. The Balaban J connectivity index is 2.41. The number of hydrogen-bond acceptors (Lipinski definition) is 5. The summed E-state index contributed by atoms with van der Waals surface area (Å²) in [6.45, 7) is 0. The number of anilines is 2. The van der Waals surface area contributed by atoms with E-state index in [-0.39, 0.29) is 11.9 Å². The molecular formula is C10H11N3O2. The van der Waals surface area contributed by atoms with E-state index in [0.717, 1.165) is 11.3 Å². The fraction of sp³-hybridized carbons (Fsp3) is 0.100. The van der Waals surface area contributed by atoms with Crippen molar-refractivity contribution in [1.29, 1.82) is 0 Å². The van der Waals surface area contributed by atoms with E-state index in [9.17, 15) is 0 Å². The average molecular weight is 205 g/mol. The molecule has 0 aliphatic heterocycles. The molecule has 2 aromatic rings. The molecule has 0 saturated heterocycles. The maximum absolute atomic E-state index is 5.60. The molecule has 1 aromatic carbocycles. The zero-order chi connectivity index (χ0) is 10.8. The van der Waals surface area contributed by atoms with Crippen LogP contribution >= 0.6 is 0 Å². The molecule has 0 fully saturated rings. The van der Waals surface area contributed by atoms with Crippen molar-refractivity contribution in [3.63, 3.8) is 0 Å². The molecule has 1 heterocycles. The minimum Gasteiger partial charge on any atom is -0.497 e. The van der Waals surface area contributed by atoms with Gasteiger partial charge >= 0.3 is 0 Å². The maximum atomic E-state index is 5.60. The van der Waals surface area contributed by atoms with Crippen molar-refractivity contribution in [3.05, 3.63) is 24.3 Å². The van der Waals surface area contributed by atoms with Crippen molar-refractivity contribution in [2.24, 2.45) is 0 Å². The topological polar surface area (TPSA) is 87.3 Å². The first-order valence-electron chi connectivity index (χ1n) is 4.37. The molecule has 0 atom stereocenters. The van der Waals surface area contributed by atoms with E-state index in [0.29, 0.717) is 5.69 Å². The summed E-state index contributed by atoms with van der Waals surface area (Å²) in [5, 5.41) is 0. The Morgan fingerprint density at radius 2 is 1.87 bits per heavy atom. The smallest absolute Gasteiger partial charge is 0.294 e. The lowest BCUT2D eigenvalue weighted by Gasteiger charge is -2.00. The van der Waals surface area contributed by atoms with Gasteiger partial charge in [0, 0.05) is 5.56 Å². The summed E-state index contributed by atoms with van der Waals surface area (Å²) < 4.78 is 9.98. The second-order valence-corrected chi connectivity index (χ2v) is 2.99. The fourth-order valence-corrected chi connectivity index (χ4v) is 1.30. The molecule has 0 saturated carbocycles. The van der Waals surface area contributed by atoms with Gasteiger partial charge in [0.2, 0.25) is 5.88 Å². The Bertz CT molecular complexity index is 462. The molecule has 0 unspecified atom stereocenters. The van der Waals surface area contributed by atoms with Crippen LogP contribution in [0.4, 0.5) is 11.9 Å². The summed E-state index contributed by atoms with van der Waals surface area (Å²) in [6.07, 6.45) is 0. The second-order valence-electron chi connectivity index (χ2n) is 2.99. The molecule has 0 aliphatic carbocycles. The van der Waals surface area contributed by atoms with Crippen LogP contribution in [0.5, 0.6) is 5.75 Å². The fourth-order valence-electron chi connectivity index (χ4n) is 1.30. The highest BCUT2D eigenvalue weighted by molar-refractivity contribution is 5.70. The van der Waals surface area contributed by atoms with Crippen molar-refractivity contribution in [3.8, 4) is 17.0 Å². The van der Waals surface area contributed by atoms with Crippen LogP contribution in [0.3, 0.4) is 0 Å². The molecular weight excluding hydrogens is 194 g/mol. The molecule has 4 N–H and O–H groups in total. The van der Waals surface area contributed by atoms with E-state index in [1.165, 1.54) is 0 Å². The van der Waals surface area contributed by atoms with Crippen molar-refractivity contribution >= 4 is 11.9 Å². The van der Waals surface area contributed by atoms with Gasteiger partial charge in [-0.15, -0.1) is 0 Å². The predicted octanol–water partition coefficient (Wildman–Crippen LogP) is 1.51. The summed E-state index contributed by atoms with van der Waals surface area (Å²) in [7, 11) is 1.61. The van der Waals surface area contributed by atoms with Gasteiger partial charge in [-0.3, -0.25) is 0 Å². The molecule has 0 bridgehead atoms. The van der Waals surface area contributed by atoms with E-state index < -0.39 is 0 Å². The van der Waals surface area contributed by atoms with E-state index in [4.69, 9.17) is 20.6 Å². The van der Waals surface area contributed by atoms with Crippen LogP contribution in [0.1, 0.15) is 0 Å². The van der Waals surface area contributed by atoms with Gasteiger partial charge in [-0.1, -0.05) is 0 Å². The Morgan fingerprint density at radius 1 is 1.20 bits per heavy atom. The summed E-state index contributed by atoms with van der Waals surface area (Å²) in [6, 6.07) is 7.39. The lowest BCUT2D eigenvalue weighted by Crippen LogP contribution is -1.87. The number of aromatic nitrogens is 1. The van der Waals surface area contributed by atoms with Gasteiger partial charge in [0.15, 0.2) is 0 Å². The molecule has 1 aromatic heterocycles. The Labute approximate surface area is 86.7 Å². The van der Waals surface area contributed by atoms with Gasteiger partial charge in [-0.25, -0.2) is 0 Å². The predicted molar refractivity (Wildman–Crippen MR) is 57.3 cm³/mol. The Morgan fingerprint density at radius 3 is 2.33 bits per heavy atom. The lowest BCUT2D eigenvalue weighted by molar-refractivity contribution is 0.415. The van der Waals surface area contributed by atoms with E-state index in [2.05, 4.69) is 4.98 Å². The number of nitrogens with two attached hydrogens (primary N) is 2. The van der Waals surface area contributed by atoms with Crippen molar-refractivity contribution in [1.82, 2.24) is 4.98 Å². The van der Waals surface area contributed by atoms with Gasteiger partial charge in [-0.05, 0) is 24.3 Å². The highest BCUT2D eigenvalue weighted by Crippen LogP contribution is 2.28. The van der Waals surface area contributed by atoms with Crippen LogP contribution < -0.4 is 16.2 Å². The molecule has 0 radical (unpaired) electrons. The Hall–Kier alpha value is -2.17. The number of methoxy groups -OCH3 is 1. The van der Waals surface area contributed by atoms with E-state index >= 15 is 0 Å². The number of nitrogen functional groups attached to an aromatic ring is 2. The third-order valence-corrected chi connectivity index (χ3v) is 2.03. The highest BCUT2D eigenvalue weighted by atomic mass is 16.5. The van der Waals surface area contributed by atoms with Crippen LogP contribution in [0.15, 0.2) is 28.7 Å². The summed E-state index contributed by atoms with van der Waals surface area (Å²) in [5.41, 5.74) is 12.4. The van der Waals surface area contributed by atoms with Gasteiger partial charge < -0.3 is 20.6 Å². The monoisotopic (exact) mass is 205 g/mol. The molecule has 0 aliphatic rings. The summed E-state index contributed by atoms with van der Waals surface area (Å²) >= 11 is 0. The van der Waals surface area contributed by atoms with Crippen LogP contribution in [0, 0.1) is 0 Å². The molecule has 15 heavy (non-hydrogen) atoms. The summed E-state index contributed by atoms with van der Waals surface area (Å²) in [4.78, 5) is 3.98. The molecule has 0 amide bonds. The minimum atomic E-state index is 0.0679. The van der Waals surface area contributed by atoms with Crippen LogP contribution in [0.25, 0.3) is 11.3 Å². The molecule has 5 nitrogen and oxygen atoms in total. The van der Waals surface area contributed by atoms with Crippen LogP contribution in [-0.4, -0.2) is 12.1 Å². The summed E-state index contributed by atoms with van der Waals surface area (Å²) in [5.74, 6) is 0.992. The third kappa shape index (κ3) is 1.71. The van der Waals surface area contributed by atoms with Gasteiger partial charge in [0.25, 0.3) is 6.01 Å². The standard InChI is InChI=1S/C10H11N3O2/c1-14-7-4-2-6(3-5-7)8-9(11)15-10(12)13-8/h2-5H,11H2,1H3,(H2,12,13). The van der Waals surface area contributed by atoms with E-state index in [1.807, 2.05) is 24.3 Å². The zero-order valence-corrected chi connectivity index (χ0v) is 8.23. The number of benzene rings is 1. The highest BCUT2D eigenvalue weighted by Gasteiger charge is 2.10. The van der Waals surface area contributed by atoms with Crippen molar-refractivity contribution < 1.29 is 9.15 Å². The van der Waals surface area contributed by atoms with Crippen LogP contribution in [0.2, 0.25) is 0 Å². The lowest BCUT2D eigenvalue weighted by atomic mass is 10.1. The number of ether oxygens (including phenoxy) is 1. The molecule has 78 valence electrons. The van der Waals surface area contributed by atoms with Crippen molar-refractivity contribution in [2.45, 2.75) is 0 Å². The average Bonchev–Trinajstić information content (AvgIpc) is 2.58. The first-order valence-corrected chi connectivity index (χ1v) is 4.37. The second kappa shape index (κ2) is 3.53. The number of nitrogens with zero attached hydrogens (tertiary/aromatic N) is 1. The molecule has 2 rings (SSSR count). The molecule has 5 heteroatoms. The third-order valence-electron chi connectivity index (χ3n) is 2.03. The first-order chi connectivity index (χ1) is 7.20. The van der Waals surface area contributed by atoms with Gasteiger partial charge in [0.1, 0.15) is 11.4 Å². The normalized spacial score (nSPS) is 10.2. The SMILES string of the molecule is COc1ccc(-c2nc(N)oc2N)cc1. The maximum Gasteiger partial charge on any atom is 0.294 e. The largest absolute Gasteiger partial charge is 0.497 e. The van der Waals surface area contributed by atoms with Gasteiger partial charge in [0.05, 0.1) is 7.11 Å². The van der Waals surface area contributed by atoms with Gasteiger partial charge in [-0.2, -0.15) is 4.98 Å². The van der Waals surface area contributed by atoms with Crippen LogP contribution in [-0.2, 0) is 0 Å². The van der Waals surface area contributed by atoms with Crippen molar-refractivity contribution in [2.75, 3.05) is 18.6 Å². The number of rotatable bonds is 2.